The van der Waals surface area contributed by atoms with E-state index in [9.17, 15) is 10.2 Å². The van der Waals surface area contributed by atoms with Crippen LogP contribution in [-0.4, -0.2) is 62.3 Å². The zero-order valence-corrected chi connectivity index (χ0v) is 17.2. The summed E-state index contributed by atoms with van der Waals surface area (Å²) in [6, 6.07) is 6.16. The van der Waals surface area contributed by atoms with Crippen molar-refractivity contribution in [2.24, 2.45) is 0 Å². The lowest BCUT2D eigenvalue weighted by Crippen LogP contribution is -2.37. The first-order valence-electron chi connectivity index (χ1n) is 10.6. The van der Waals surface area contributed by atoms with Gasteiger partial charge in [-0.05, 0) is 25.5 Å². The van der Waals surface area contributed by atoms with Crippen LogP contribution in [0.25, 0.3) is 5.65 Å². The van der Waals surface area contributed by atoms with E-state index < -0.39 is 11.8 Å². The summed E-state index contributed by atoms with van der Waals surface area (Å²) < 4.78 is 13.5. The molecule has 0 aliphatic carbocycles. The summed E-state index contributed by atoms with van der Waals surface area (Å²) in [5.74, 6) is 0.785. The van der Waals surface area contributed by atoms with Crippen LogP contribution in [0.3, 0.4) is 0 Å². The number of hydrogen-bond acceptors (Lipinski definition) is 8. The molecule has 2 bridgehead atoms. The molecule has 2 saturated heterocycles. The van der Waals surface area contributed by atoms with E-state index in [4.69, 9.17) is 9.47 Å². The molecule has 4 atom stereocenters. The van der Waals surface area contributed by atoms with Crippen molar-refractivity contribution in [3.63, 3.8) is 0 Å². The Kier molecular flexibility index (Phi) is 4.14. The van der Waals surface area contributed by atoms with Gasteiger partial charge in [-0.3, -0.25) is 0 Å². The van der Waals surface area contributed by atoms with E-state index in [1.54, 1.807) is 29.2 Å². The van der Waals surface area contributed by atoms with Gasteiger partial charge in [0.15, 0.2) is 11.9 Å². The molecule has 3 aromatic rings. The van der Waals surface area contributed by atoms with Crippen LogP contribution in [0.2, 0.25) is 0 Å². The lowest BCUT2D eigenvalue weighted by atomic mass is 9.99. The van der Waals surface area contributed by atoms with E-state index in [0.29, 0.717) is 30.3 Å². The maximum atomic E-state index is 11.0. The van der Waals surface area contributed by atoms with Gasteiger partial charge in [0.2, 0.25) is 0 Å². The minimum Gasteiger partial charge on any atom is -0.484 e. The number of hydrogen-bond donors (Lipinski definition) is 3. The van der Waals surface area contributed by atoms with Gasteiger partial charge >= 0.3 is 0 Å². The number of fused-ring (bicyclic) bond motifs is 4. The van der Waals surface area contributed by atoms with Crippen LogP contribution in [0, 0.1) is 0 Å². The minimum atomic E-state index is -0.980. The molecule has 0 saturated carbocycles. The van der Waals surface area contributed by atoms with Crippen molar-refractivity contribution in [3.8, 4) is 5.75 Å². The summed E-state index contributed by atoms with van der Waals surface area (Å²) in [6.45, 7) is 3.37. The molecule has 0 amide bonds. The van der Waals surface area contributed by atoms with Crippen molar-refractivity contribution in [3.05, 3.63) is 47.9 Å². The molecule has 0 spiro atoms. The third-order valence-electron chi connectivity index (χ3n) is 6.54. The number of anilines is 2. The van der Waals surface area contributed by atoms with E-state index >= 15 is 0 Å². The van der Waals surface area contributed by atoms with Crippen LogP contribution >= 0.6 is 0 Å². The molecule has 9 nitrogen and oxygen atoms in total. The van der Waals surface area contributed by atoms with E-state index in [-0.39, 0.29) is 12.7 Å². The fourth-order valence-electron chi connectivity index (χ4n) is 4.95. The van der Waals surface area contributed by atoms with Crippen LogP contribution in [0.1, 0.15) is 30.7 Å². The number of benzene rings is 1. The first-order chi connectivity index (χ1) is 15.0. The highest BCUT2D eigenvalue weighted by Crippen LogP contribution is 2.45. The molecule has 31 heavy (non-hydrogen) atoms. The second kappa shape index (κ2) is 6.81. The van der Waals surface area contributed by atoms with E-state index in [0.717, 1.165) is 35.7 Å². The standard InChI is InChI=1S/C22H25N5O4/c1-22(12-28)8-13-5-17(25-21(29)16-9-24-27-4-2-3-23-20(16)27)18(7-19(13)31-22)26-10-15-6-14(26)11-30-15/h2-5,7,9,14-15,21,25,28-29H,6,8,10-12H2,1H3/t14-,15-,21?,22-/m1/s1. The summed E-state index contributed by atoms with van der Waals surface area (Å²) in [6.07, 6.45) is 5.99. The van der Waals surface area contributed by atoms with Gasteiger partial charge in [-0.25, -0.2) is 9.50 Å². The third-order valence-corrected chi connectivity index (χ3v) is 6.54. The minimum absolute atomic E-state index is 0.0568. The molecule has 0 radical (unpaired) electrons. The lowest BCUT2D eigenvalue weighted by molar-refractivity contribution is 0.0446. The normalized spacial score (nSPS) is 27.5. The molecular formula is C22H25N5O4. The molecule has 9 heteroatoms. The third kappa shape index (κ3) is 3.03. The average Bonchev–Trinajstić information content (AvgIpc) is 3.54. The summed E-state index contributed by atoms with van der Waals surface area (Å²) in [5, 5.41) is 28.4. The van der Waals surface area contributed by atoms with E-state index in [1.165, 1.54) is 0 Å². The van der Waals surface area contributed by atoms with Gasteiger partial charge in [0.05, 0.1) is 48.5 Å². The zero-order valence-electron chi connectivity index (χ0n) is 17.2. The van der Waals surface area contributed by atoms with Gasteiger partial charge in [0.25, 0.3) is 0 Å². The highest BCUT2D eigenvalue weighted by molar-refractivity contribution is 5.76. The molecular weight excluding hydrogens is 398 g/mol. The molecule has 2 aromatic heterocycles. The van der Waals surface area contributed by atoms with Gasteiger partial charge in [0, 0.05) is 37.0 Å². The SMILES string of the molecule is C[C@]1(CO)Cc2cc(NC(O)c3cnn4cccnc34)c(N3C[C@H]4C[C@@H]3CO4)cc2O1. The molecule has 162 valence electrons. The number of morpholine rings is 1. The number of ether oxygens (including phenoxy) is 2. The highest BCUT2D eigenvalue weighted by Gasteiger charge is 2.41. The maximum Gasteiger partial charge on any atom is 0.162 e. The summed E-state index contributed by atoms with van der Waals surface area (Å²) in [7, 11) is 0. The Morgan fingerprint density at radius 3 is 3.06 bits per heavy atom. The van der Waals surface area contributed by atoms with Crippen LogP contribution in [0.15, 0.2) is 36.8 Å². The molecule has 3 aliphatic rings. The number of rotatable bonds is 5. The predicted octanol–water partition coefficient (Wildman–Crippen LogP) is 1.50. The second-order valence-corrected chi connectivity index (χ2v) is 8.90. The largest absolute Gasteiger partial charge is 0.484 e. The van der Waals surface area contributed by atoms with Gasteiger partial charge in [-0.2, -0.15) is 5.10 Å². The summed E-state index contributed by atoms with van der Waals surface area (Å²) in [4.78, 5) is 6.68. The number of nitrogens with one attached hydrogen (secondary N) is 1. The van der Waals surface area contributed by atoms with Crippen molar-refractivity contribution >= 4 is 17.0 Å². The Labute approximate surface area is 179 Å². The van der Waals surface area contributed by atoms with Crippen molar-refractivity contribution < 1.29 is 19.7 Å². The Morgan fingerprint density at radius 1 is 1.39 bits per heavy atom. The van der Waals surface area contributed by atoms with Gasteiger partial charge in [-0.1, -0.05) is 0 Å². The first-order valence-corrected chi connectivity index (χ1v) is 10.6. The van der Waals surface area contributed by atoms with E-state index in [1.807, 2.05) is 19.1 Å². The molecule has 3 N–H and O–H groups in total. The number of aliphatic hydroxyl groups excluding tert-OH is 2. The van der Waals surface area contributed by atoms with Gasteiger partial charge in [-0.15, -0.1) is 0 Å². The molecule has 5 heterocycles. The zero-order chi connectivity index (χ0) is 21.2. The first kappa shape index (κ1) is 18.9. The number of nitrogens with zero attached hydrogens (tertiary/aromatic N) is 4. The lowest BCUT2D eigenvalue weighted by Gasteiger charge is -2.32. The van der Waals surface area contributed by atoms with Crippen molar-refractivity contribution in [2.45, 2.75) is 43.7 Å². The topological polar surface area (TPSA) is 104 Å². The average molecular weight is 423 g/mol. The van der Waals surface area contributed by atoms with Crippen LogP contribution in [0.5, 0.6) is 5.75 Å². The Morgan fingerprint density at radius 2 is 2.29 bits per heavy atom. The number of aliphatic hydroxyl groups is 2. The molecule has 3 aliphatic heterocycles. The fourth-order valence-corrected chi connectivity index (χ4v) is 4.95. The number of aromatic nitrogens is 3. The van der Waals surface area contributed by atoms with Crippen molar-refractivity contribution in [1.82, 2.24) is 14.6 Å². The molecule has 6 rings (SSSR count). The Balaban J connectivity index is 1.38. The molecule has 1 unspecified atom stereocenters. The van der Waals surface area contributed by atoms with Crippen molar-refractivity contribution in [2.75, 3.05) is 30.0 Å². The van der Waals surface area contributed by atoms with Gasteiger partial charge < -0.3 is 29.9 Å². The Bertz CT molecular complexity index is 1150. The van der Waals surface area contributed by atoms with E-state index in [2.05, 4.69) is 20.3 Å². The van der Waals surface area contributed by atoms with Crippen LogP contribution in [0.4, 0.5) is 11.4 Å². The second-order valence-electron chi connectivity index (χ2n) is 8.90. The van der Waals surface area contributed by atoms with Crippen LogP contribution in [-0.2, 0) is 11.2 Å². The maximum absolute atomic E-state index is 11.0. The fraction of sp³-hybridized carbons (Fsp3) is 0.455. The smallest absolute Gasteiger partial charge is 0.162 e. The predicted molar refractivity (Wildman–Crippen MR) is 113 cm³/mol. The molecule has 2 fully saturated rings. The summed E-state index contributed by atoms with van der Waals surface area (Å²) in [5.41, 5.74) is 3.38. The van der Waals surface area contributed by atoms with Gasteiger partial charge in [0.1, 0.15) is 11.4 Å². The molecule has 1 aromatic carbocycles. The van der Waals surface area contributed by atoms with Crippen LogP contribution < -0.4 is 15.0 Å². The Hall–Kier alpha value is -2.88. The van der Waals surface area contributed by atoms with Crippen molar-refractivity contribution in [1.29, 1.82) is 0 Å². The monoisotopic (exact) mass is 423 g/mol. The highest BCUT2D eigenvalue weighted by atomic mass is 16.5. The quantitative estimate of drug-likeness (QED) is 0.531. The summed E-state index contributed by atoms with van der Waals surface area (Å²) >= 11 is 0.